The summed E-state index contributed by atoms with van der Waals surface area (Å²) in [5.74, 6) is -1.11. The smallest absolute Gasteiger partial charge is 0.273 e. The molecule has 0 aliphatic carbocycles. The number of carbonyl (C=O) groups excluding carboxylic acids is 2. The Morgan fingerprint density at radius 2 is 1.89 bits per heavy atom. The molecule has 37 heavy (non-hydrogen) atoms. The summed E-state index contributed by atoms with van der Waals surface area (Å²) in [4.78, 5) is 40.0. The van der Waals surface area contributed by atoms with Crippen molar-refractivity contribution in [2.24, 2.45) is 10.7 Å². The molecule has 190 valence electrons. The minimum absolute atomic E-state index is 0.120. The molecular weight excluding hydrogens is 475 g/mol. The normalized spacial score (nSPS) is 12.6. The van der Waals surface area contributed by atoms with E-state index in [1.165, 1.54) is 17.3 Å². The van der Waals surface area contributed by atoms with Crippen molar-refractivity contribution in [2.75, 3.05) is 17.6 Å². The number of carbonyl (C=O) groups is 2. The maximum atomic E-state index is 13.4. The number of benzene rings is 2. The van der Waals surface area contributed by atoms with E-state index in [0.29, 0.717) is 41.0 Å². The van der Waals surface area contributed by atoms with Gasteiger partial charge in [-0.1, -0.05) is 25.1 Å². The third-order valence-electron chi connectivity index (χ3n) is 5.52. The quantitative estimate of drug-likeness (QED) is 0.312. The number of hydroxylamine groups is 2. The van der Waals surface area contributed by atoms with Gasteiger partial charge in [-0.3, -0.25) is 19.4 Å². The molecule has 10 heteroatoms. The average molecular weight is 503 g/mol. The maximum absolute atomic E-state index is 13.4. The molecule has 1 aromatic heterocycles. The van der Waals surface area contributed by atoms with Crippen LogP contribution < -0.4 is 16.8 Å². The number of nitrogens with one attached hydrogen (secondary N) is 1. The van der Waals surface area contributed by atoms with E-state index in [9.17, 15) is 14.0 Å². The van der Waals surface area contributed by atoms with Crippen molar-refractivity contribution in [1.82, 2.24) is 10.0 Å². The van der Waals surface area contributed by atoms with E-state index >= 15 is 0 Å². The predicted molar refractivity (Wildman–Crippen MR) is 140 cm³/mol. The predicted octanol–water partition coefficient (Wildman–Crippen LogP) is 4.20. The Labute approximate surface area is 213 Å². The Morgan fingerprint density at radius 3 is 2.62 bits per heavy atom. The zero-order valence-electron chi connectivity index (χ0n) is 20.3. The summed E-state index contributed by atoms with van der Waals surface area (Å²) in [6.07, 6.45) is 4.91. The van der Waals surface area contributed by atoms with Crippen molar-refractivity contribution >= 4 is 40.8 Å². The SMILES string of the molecule is CCCN(OCc1ccc(N)cc1)C(=O)C1=Cc2ccc(C(=O)Nc3cncc(F)c3)cc2N=C(N)C1. The number of anilines is 2. The highest BCUT2D eigenvalue weighted by Crippen LogP contribution is 2.29. The van der Waals surface area contributed by atoms with E-state index in [-0.39, 0.29) is 30.5 Å². The standard InChI is InChI=1S/C27H27FN6O3/c1-2-9-34(37-16-17-3-7-22(29)8-4-17)27(36)20-10-18-5-6-19(11-24(18)33-25(30)12-20)26(35)32-23-13-21(28)14-31-15-23/h3-8,10-11,13-15H,2,9,12,16,29H2,1H3,(H2,30,33)(H,32,35). The summed E-state index contributed by atoms with van der Waals surface area (Å²) in [5, 5.41) is 3.93. The molecule has 9 nitrogen and oxygen atoms in total. The number of halogens is 1. The lowest BCUT2D eigenvalue weighted by Gasteiger charge is -2.22. The summed E-state index contributed by atoms with van der Waals surface area (Å²) in [5.41, 5.74) is 15.4. The van der Waals surface area contributed by atoms with Crippen LogP contribution in [0.25, 0.3) is 6.08 Å². The number of rotatable bonds is 8. The van der Waals surface area contributed by atoms with Gasteiger partial charge < -0.3 is 16.8 Å². The Kier molecular flexibility index (Phi) is 7.89. The first kappa shape index (κ1) is 25.5. The average Bonchev–Trinajstić information content (AvgIpc) is 3.04. The number of amides is 2. The number of fused-ring (bicyclic) bond motifs is 1. The first-order valence-electron chi connectivity index (χ1n) is 11.7. The Balaban J connectivity index is 1.53. The maximum Gasteiger partial charge on any atom is 0.273 e. The Morgan fingerprint density at radius 1 is 1.11 bits per heavy atom. The van der Waals surface area contributed by atoms with Crippen LogP contribution in [0.4, 0.5) is 21.5 Å². The highest BCUT2D eigenvalue weighted by molar-refractivity contribution is 6.07. The molecule has 0 radical (unpaired) electrons. The molecule has 0 atom stereocenters. The molecule has 0 saturated carbocycles. The van der Waals surface area contributed by atoms with E-state index in [2.05, 4.69) is 15.3 Å². The molecule has 0 fully saturated rings. The third-order valence-corrected chi connectivity index (χ3v) is 5.52. The van der Waals surface area contributed by atoms with Crippen LogP contribution in [0.5, 0.6) is 0 Å². The molecule has 1 aliphatic heterocycles. The number of nitrogen functional groups attached to an aromatic ring is 1. The molecule has 0 spiro atoms. The molecule has 1 aliphatic rings. The number of aliphatic imine (C=N–C) groups is 1. The second-order valence-electron chi connectivity index (χ2n) is 8.49. The first-order valence-corrected chi connectivity index (χ1v) is 11.7. The molecule has 0 saturated heterocycles. The van der Waals surface area contributed by atoms with Gasteiger partial charge in [0.1, 0.15) is 18.3 Å². The lowest BCUT2D eigenvalue weighted by atomic mass is 10.0. The zero-order valence-corrected chi connectivity index (χ0v) is 20.3. The van der Waals surface area contributed by atoms with Crippen molar-refractivity contribution in [2.45, 2.75) is 26.4 Å². The van der Waals surface area contributed by atoms with Gasteiger partial charge in [-0.15, -0.1) is 0 Å². The summed E-state index contributed by atoms with van der Waals surface area (Å²) in [6.45, 7) is 2.55. The summed E-state index contributed by atoms with van der Waals surface area (Å²) >= 11 is 0. The van der Waals surface area contributed by atoms with Crippen molar-refractivity contribution < 1.29 is 18.8 Å². The molecule has 5 N–H and O–H groups in total. The third kappa shape index (κ3) is 6.56. The van der Waals surface area contributed by atoms with Gasteiger partial charge in [-0.25, -0.2) is 14.4 Å². The Bertz CT molecular complexity index is 1370. The number of amidine groups is 1. The summed E-state index contributed by atoms with van der Waals surface area (Å²) < 4.78 is 13.4. The van der Waals surface area contributed by atoms with Crippen LogP contribution in [0.2, 0.25) is 0 Å². The molecule has 3 aromatic rings. The van der Waals surface area contributed by atoms with Crippen molar-refractivity contribution in [3.63, 3.8) is 0 Å². The minimum Gasteiger partial charge on any atom is -0.399 e. The topological polar surface area (TPSA) is 136 Å². The van der Waals surface area contributed by atoms with Crippen molar-refractivity contribution in [1.29, 1.82) is 0 Å². The monoisotopic (exact) mass is 502 g/mol. The molecule has 0 unspecified atom stereocenters. The van der Waals surface area contributed by atoms with Gasteiger partial charge in [-0.2, -0.15) is 0 Å². The minimum atomic E-state index is -0.561. The lowest BCUT2D eigenvalue weighted by molar-refractivity contribution is -0.187. The summed E-state index contributed by atoms with van der Waals surface area (Å²) in [6, 6.07) is 13.2. The van der Waals surface area contributed by atoms with Gasteiger partial charge in [-0.05, 0) is 42.3 Å². The second-order valence-corrected chi connectivity index (χ2v) is 8.49. The van der Waals surface area contributed by atoms with Crippen molar-refractivity contribution in [3.8, 4) is 0 Å². The molecule has 2 aromatic carbocycles. The number of hydrogen-bond acceptors (Lipinski definition) is 7. The van der Waals surface area contributed by atoms with Crippen LogP contribution in [-0.2, 0) is 16.2 Å². The van der Waals surface area contributed by atoms with Crippen LogP contribution >= 0.6 is 0 Å². The second kappa shape index (κ2) is 11.4. The molecular formula is C27H27FN6O3. The van der Waals surface area contributed by atoms with Gasteiger partial charge in [0.25, 0.3) is 11.8 Å². The van der Waals surface area contributed by atoms with Gasteiger partial charge in [0.15, 0.2) is 0 Å². The summed E-state index contributed by atoms with van der Waals surface area (Å²) in [7, 11) is 0. The van der Waals surface area contributed by atoms with Crippen LogP contribution in [0.3, 0.4) is 0 Å². The van der Waals surface area contributed by atoms with E-state index in [1.54, 1.807) is 36.4 Å². The van der Waals surface area contributed by atoms with E-state index in [4.69, 9.17) is 16.3 Å². The van der Waals surface area contributed by atoms with Gasteiger partial charge in [0.05, 0.1) is 23.8 Å². The molecule has 0 bridgehead atoms. The van der Waals surface area contributed by atoms with Gasteiger partial charge >= 0.3 is 0 Å². The highest BCUT2D eigenvalue weighted by Gasteiger charge is 2.23. The van der Waals surface area contributed by atoms with Gasteiger partial charge in [0.2, 0.25) is 0 Å². The lowest BCUT2D eigenvalue weighted by Crippen LogP contribution is -2.34. The first-order chi connectivity index (χ1) is 17.8. The molecule has 2 heterocycles. The number of pyridine rings is 1. The number of nitrogens with zero attached hydrogens (tertiary/aromatic N) is 3. The molecule has 4 rings (SSSR count). The van der Waals surface area contributed by atoms with Crippen LogP contribution in [0.1, 0.15) is 41.3 Å². The highest BCUT2D eigenvalue weighted by atomic mass is 19.1. The van der Waals surface area contributed by atoms with Crippen LogP contribution in [0.15, 0.2) is 71.5 Å². The van der Waals surface area contributed by atoms with E-state index < -0.39 is 11.7 Å². The fraction of sp³-hybridized carbons (Fsp3) is 0.185. The largest absolute Gasteiger partial charge is 0.399 e. The molecule has 2 amide bonds. The Hall–Kier alpha value is -4.57. The number of hydrogen-bond donors (Lipinski definition) is 3. The van der Waals surface area contributed by atoms with Crippen molar-refractivity contribution in [3.05, 3.63) is 89.0 Å². The van der Waals surface area contributed by atoms with Gasteiger partial charge in [0, 0.05) is 41.4 Å². The number of aromatic nitrogens is 1. The fourth-order valence-corrected chi connectivity index (χ4v) is 3.71. The number of nitrogens with two attached hydrogens (primary N) is 2. The van der Waals surface area contributed by atoms with Crippen LogP contribution in [-0.4, -0.2) is 34.2 Å². The van der Waals surface area contributed by atoms with E-state index in [0.717, 1.165) is 11.8 Å². The fourth-order valence-electron chi connectivity index (χ4n) is 3.71. The van der Waals surface area contributed by atoms with Crippen LogP contribution in [0, 0.1) is 5.82 Å². The van der Waals surface area contributed by atoms with E-state index in [1.807, 2.05) is 19.1 Å². The zero-order chi connectivity index (χ0) is 26.4.